The van der Waals surface area contributed by atoms with Crippen LogP contribution >= 0.6 is 27.5 Å². The lowest BCUT2D eigenvalue weighted by Gasteiger charge is -2.18. The Morgan fingerprint density at radius 1 is 1.38 bits per heavy atom. The van der Waals surface area contributed by atoms with Crippen molar-refractivity contribution in [3.8, 4) is 0 Å². The maximum Gasteiger partial charge on any atom is 0.0766 e. The molecule has 1 atom stereocenters. The van der Waals surface area contributed by atoms with Crippen molar-refractivity contribution in [2.75, 3.05) is 7.05 Å². The van der Waals surface area contributed by atoms with Crippen molar-refractivity contribution in [3.63, 3.8) is 0 Å². The summed E-state index contributed by atoms with van der Waals surface area (Å²) in [5, 5.41) is 8.72. The summed E-state index contributed by atoms with van der Waals surface area (Å²) >= 11 is 9.87. The average molecular weight is 371 g/mol. The Balaban J connectivity index is 2.33. The van der Waals surface area contributed by atoms with Crippen LogP contribution in [0.15, 0.2) is 22.7 Å². The predicted molar refractivity (Wildman–Crippen MR) is 92.0 cm³/mol. The molecule has 0 fully saturated rings. The zero-order valence-corrected chi connectivity index (χ0v) is 15.2. The number of aryl methyl sites for hydroxylation is 3. The smallest absolute Gasteiger partial charge is 0.0766 e. The summed E-state index contributed by atoms with van der Waals surface area (Å²) in [4.78, 5) is 0. The number of nitrogens with one attached hydrogen (secondary N) is 1. The molecule has 0 aliphatic rings. The fourth-order valence-electron chi connectivity index (χ4n) is 2.59. The van der Waals surface area contributed by atoms with Crippen LogP contribution in [0.5, 0.6) is 0 Å². The third-order valence-electron chi connectivity index (χ3n) is 3.72. The van der Waals surface area contributed by atoms with Gasteiger partial charge in [0.1, 0.15) is 0 Å². The molecule has 0 aliphatic heterocycles. The SMILES string of the molecule is CCc1nn(C)c(CC(NC)c2cc(C)cc(Cl)c2)c1Br. The normalized spacial score (nSPS) is 12.7. The summed E-state index contributed by atoms with van der Waals surface area (Å²) in [5.41, 5.74) is 4.68. The van der Waals surface area contributed by atoms with Crippen LogP contribution in [0.4, 0.5) is 0 Å². The van der Waals surface area contributed by atoms with E-state index >= 15 is 0 Å². The van der Waals surface area contributed by atoms with Gasteiger partial charge in [-0.05, 0) is 59.6 Å². The van der Waals surface area contributed by atoms with Gasteiger partial charge in [-0.1, -0.05) is 24.6 Å². The Kier molecular flexibility index (Phi) is 5.47. The number of hydrogen-bond acceptors (Lipinski definition) is 2. The largest absolute Gasteiger partial charge is 0.313 e. The molecule has 1 aromatic carbocycles. The number of halogens is 2. The Hall–Kier alpha value is -0.840. The first-order chi connectivity index (χ1) is 9.96. The van der Waals surface area contributed by atoms with Gasteiger partial charge in [-0.15, -0.1) is 0 Å². The first kappa shape index (κ1) is 16.5. The number of aromatic nitrogens is 2. The van der Waals surface area contributed by atoms with E-state index in [1.54, 1.807) is 0 Å². The van der Waals surface area contributed by atoms with Crippen LogP contribution in [0, 0.1) is 6.92 Å². The lowest BCUT2D eigenvalue weighted by Crippen LogP contribution is -2.20. The van der Waals surface area contributed by atoms with Gasteiger partial charge in [-0.2, -0.15) is 5.10 Å². The highest BCUT2D eigenvalue weighted by Crippen LogP contribution is 2.28. The Morgan fingerprint density at radius 2 is 2.10 bits per heavy atom. The number of likely N-dealkylation sites (N-methyl/N-ethyl adjacent to an activating group) is 1. The fourth-order valence-corrected chi connectivity index (χ4v) is 3.66. The van der Waals surface area contributed by atoms with Crippen LogP contribution in [-0.2, 0) is 19.9 Å². The average Bonchev–Trinajstić information content (AvgIpc) is 2.70. The second kappa shape index (κ2) is 6.95. The second-order valence-electron chi connectivity index (χ2n) is 5.29. The van der Waals surface area contributed by atoms with E-state index in [4.69, 9.17) is 11.6 Å². The topological polar surface area (TPSA) is 29.9 Å². The molecule has 0 saturated heterocycles. The van der Waals surface area contributed by atoms with Gasteiger partial charge in [-0.3, -0.25) is 4.68 Å². The molecular weight excluding hydrogens is 350 g/mol. The van der Waals surface area contributed by atoms with E-state index in [2.05, 4.69) is 46.3 Å². The lowest BCUT2D eigenvalue weighted by atomic mass is 10.00. The molecule has 0 radical (unpaired) electrons. The molecule has 1 N–H and O–H groups in total. The molecule has 21 heavy (non-hydrogen) atoms. The van der Waals surface area contributed by atoms with Crippen molar-refractivity contribution in [2.45, 2.75) is 32.7 Å². The van der Waals surface area contributed by atoms with E-state index < -0.39 is 0 Å². The highest BCUT2D eigenvalue weighted by molar-refractivity contribution is 9.10. The quantitative estimate of drug-likeness (QED) is 0.854. The minimum absolute atomic E-state index is 0.207. The van der Waals surface area contributed by atoms with Gasteiger partial charge >= 0.3 is 0 Å². The third-order valence-corrected chi connectivity index (χ3v) is 4.85. The van der Waals surface area contributed by atoms with Gasteiger partial charge in [-0.25, -0.2) is 0 Å². The van der Waals surface area contributed by atoms with Crippen LogP contribution < -0.4 is 5.32 Å². The molecule has 2 aromatic rings. The Bertz CT molecular complexity index is 616. The van der Waals surface area contributed by atoms with Gasteiger partial charge in [0.25, 0.3) is 0 Å². The Morgan fingerprint density at radius 3 is 2.62 bits per heavy atom. The molecule has 1 heterocycles. The number of benzene rings is 1. The van der Waals surface area contributed by atoms with Crippen molar-refractivity contribution in [1.29, 1.82) is 0 Å². The second-order valence-corrected chi connectivity index (χ2v) is 6.52. The highest BCUT2D eigenvalue weighted by atomic mass is 79.9. The molecule has 0 bridgehead atoms. The van der Waals surface area contributed by atoms with Crippen LogP contribution in [0.2, 0.25) is 5.02 Å². The van der Waals surface area contributed by atoms with E-state index in [0.29, 0.717) is 0 Å². The van der Waals surface area contributed by atoms with Gasteiger partial charge in [0.2, 0.25) is 0 Å². The molecule has 1 aromatic heterocycles. The molecule has 2 rings (SSSR count). The summed E-state index contributed by atoms with van der Waals surface area (Å²) in [6.07, 6.45) is 1.79. The van der Waals surface area contributed by atoms with Crippen LogP contribution in [0.1, 0.15) is 35.5 Å². The molecular formula is C16H21BrClN3. The van der Waals surface area contributed by atoms with Gasteiger partial charge in [0, 0.05) is 24.5 Å². The summed E-state index contributed by atoms with van der Waals surface area (Å²) < 4.78 is 3.08. The molecule has 114 valence electrons. The van der Waals surface area contributed by atoms with Crippen LogP contribution in [-0.4, -0.2) is 16.8 Å². The molecule has 3 nitrogen and oxygen atoms in total. The zero-order chi connectivity index (χ0) is 15.6. The third kappa shape index (κ3) is 3.68. The lowest BCUT2D eigenvalue weighted by molar-refractivity contribution is 0.560. The molecule has 0 aliphatic carbocycles. The van der Waals surface area contributed by atoms with Crippen molar-refractivity contribution in [2.24, 2.45) is 7.05 Å². The van der Waals surface area contributed by atoms with Gasteiger partial charge < -0.3 is 5.32 Å². The molecule has 1 unspecified atom stereocenters. The molecule has 0 spiro atoms. The van der Waals surface area contributed by atoms with Gasteiger partial charge in [0.05, 0.1) is 15.9 Å². The van der Waals surface area contributed by atoms with Crippen LogP contribution in [0.3, 0.4) is 0 Å². The minimum Gasteiger partial charge on any atom is -0.313 e. The minimum atomic E-state index is 0.207. The number of rotatable bonds is 5. The maximum atomic E-state index is 6.19. The van der Waals surface area contributed by atoms with Crippen molar-refractivity contribution in [3.05, 3.63) is 50.2 Å². The summed E-state index contributed by atoms with van der Waals surface area (Å²) in [5.74, 6) is 0. The summed E-state index contributed by atoms with van der Waals surface area (Å²) in [6, 6.07) is 6.39. The van der Waals surface area contributed by atoms with Gasteiger partial charge in [0.15, 0.2) is 0 Å². The highest BCUT2D eigenvalue weighted by Gasteiger charge is 2.18. The van der Waals surface area contributed by atoms with E-state index in [9.17, 15) is 0 Å². The van der Waals surface area contributed by atoms with E-state index in [1.807, 2.05) is 30.9 Å². The number of nitrogens with zero attached hydrogens (tertiary/aromatic N) is 2. The van der Waals surface area contributed by atoms with E-state index in [0.717, 1.165) is 28.0 Å². The fraction of sp³-hybridized carbons (Fsp3) is 0.438. The van der Waals surface area contributed by atoms with Crippen molar-refractivity contribution in [1.82, 2.24) is 15.1 Å². The Labute approximate surface area is 139 Å². The summed E-state index contributed by atoms with van der Waals surface area (Å²) in [6.45, 7) is 4.18. The standard InChI is InChI=1S/C16H21BrClN3/c1-5-13-16(17)15(21(4)20-13)9-14(19-3)11-6-10(2)7-12(18)8-11/h6-8,14,19H,5,9H2,1-4H3. The monoisotopic (exact) mass is 369 g/mol. The zero-order valence-electron chi connectivity index (χ0n) is 12.9. The molecule has 5 heteroatoms. The van der Waals surface area contributed by atoms with Crippen molar-refractivity contribution < 1.29 is 0 Å². The molecule has 0 amide bonds. The van der Waals surface area contributed by atoms with Crippen molar-refractivity contribution >= 4 is 27.5 Å². The first-order valence-corrected chi connectivity index (χ1v) is 8.28. The first-order valence-electron chi connectivity index (χ1n) is 7.10. The summed E-state index contributed by atoms with van der Waals surface area (Å²) in [7, 11) is 3.97. The predicted octanol–water partition coefficient (Wildman–Crippen LogP) is 4.21. The van der Waals surface area contributed by atoms with E-state index in [1.165, 1.54) is 16.8 Å². The number of hydrogen-bond donors (Lipinski definition) is 1. The van der Waals surface area contributed by atoms with Crippen LogP contribution in [0.25, 0.3) is 0 Å². The molecule has 0 saturated carbocycles. The maximum absolute atomic E-state index is 6.19. The van der Waals surface area contributed by atoms with E-state index in [-0.39, 0.29) is 6.04 Å².